The molecule has 0 N–H and O–H groups in total. The topological polar surface area (TPSA) is 30.7 Å². The number of nitrogens with zero attached hydrogens (tertiary/aromatic N) is 3. The maximum Gasteiger partial charge on any atom is 0.142 e. The zero-order valence-electron chi connectivity index (χ0n) is 13.1. The highest BCUT2D eigenvalue weighted by Crippen LogP contribution is 2.27. The maximum atomic E-state index is 6.34. The van der Waals surface area contributed by atoms with Crippen molar-refractivity contribution in [1.29, 1.82) is 0 Å². The van der Waals surface area contributed by atoms with Gasteiger partial charge in [0.25, 0.3) is 0 Å². The normalized spacial score (nSPS) is 11.0. The van der Waals surface area contributed by atoms with Gasteiger partial charge in [-0.1, -0.05) is 30.1 Å². The third-order valence-corrected chi connectivity index (χ3v) is 4.47. The van der Waals surface area contributed by atoms with Crippen LogP contribution in [0.15, 0.2) is 42.7 Å². The number of imidazole rings is 1. The molecule has 3 rings (SSSR count). The van der Waals surface area contributed by atoms with Crippen LogP contribution < -0.4 is 0 Å². The van der Waals surface area contributed by atoms with Crippen LogP contribution in [0.25, 0.3) is 11.4 Å². The van der Waals surface area contributed by atoms with Crippen LogP contribution in [0.4, 0.5) is 0 Å². The van der Waals surface area contributed by atoms with Gasteiger partial charge in [-0.15, -0.1) is 0 Å². The van der Waals surface area contributed by atoms with E-state index < -0.39 is 0 Å². The molecule has 0 saturated heterocycles. The third-order valence-electron chi connectivity index (χ3n) is 3.86. The molecule has 2 aromatic heterocycles. The van der Waals surface area contributed by atoms with E-state index in [0.29, 0.717) is 16.6 Å². The van der Waals surface area contributed by atoms with Gasteiger partial charge in [-0.3, -0.25) is 4.98 Å². The first-order chi connectivity index (χ1) is 11.1. The van der Waals surface area contributed by atoms with Crippen LogP contribution in [0.3, 0.4) is 0 Å². The summed E-state index contributed by atoms with van der Waals surface area (Å²) in [4.78, 5) is 8.95. The molecule has 3 nitrogen and oxygen atoms in total. The molecule has 0 aliphatic rings. The SMILES string of the molecule is CCc1c(C)nc(-c2cccnc2)n1Cc1cc(Cl)ccc1Cl. The number of hydrogen-bond donors (Lipinski definition) is 0. The number of benzene rings is 1. The molecule has 0 radical (unpaired) electrons. The van der Waals surface area contributed by atoms with Crippen molar-refractivity contribution in [2.75, 3.05) is 0 Å². The molecular formula is C18H17Cl2N3. The van der Waals surface area contributed by atoms with Crippen LogP contribution in [0.1, 0.15) is 23.9 Å². The van der Waals surface area contributed by atoms with Crippen molar-refractivity contribution < 1.29 is 0 Å². The molecule has 5 heteroatoms. The molecule has 0 aliphatic carbocycles. The van der Waals surface area contributed by atoms with Crippen LogP contribution in [0.2, 0.25) is 10.0 Å². The van der Waals surface area contributed by atoms with E-state index in [1.807, 2.05) is 37.4 Å². The molecule has 0 saturated carbocycles. The van der Waals surface area contributed by atoms with E-state index in [1.54, 1.807) is 12.3 Å². The summed E-state index contributed by atoms with van der Waals surface area (Å²) in [6, 6.07) is 9.48. The molecule has 1 aromatic carbocycles. The number of aryl methyl sites for hydroxylation is 1. The quantitative estimate of drug-likeness (QED) is 0.652. The molecule has 0 bridgehead atoms. The highest BCUT2D eigenvalue weighted by atomic mass is 35.5. The van der Waals surface area contributed by atoms with Gasteiger partial charge in [-0.2, -0.15) is 0 Å². The van der Waals surface area contributed by atoms with E-state index in [-0.39, 0.29) is 0 Å². The smallest absolute Gasteiger partial charge is 0.142 e. The van der Waals surface area contributed by atoms with Crippen LogP contribution >= 0.6 is 23.2 Å². The maximum absolute atomic E-state index is 6.34. The fourth-order valence-electron chi connectivity index (χ4n) is 2.77. The molecule has 0 amide bonds. The molecule has 0 unspecified atom stereocenters. The minimum Gasteiger partial charge on any atom is -0.323 e. The Labute approximate surface area is 145 Å². The number of pyridine rings is 1. The predicted octanol–water partition coefficient (Wildman–Crippen LogP) is 5.17. The molecule has 23 heavy (non-hydrogen) atoms. The van der Waals surface area contributed by atoms with Gasteiger partial charge in [0.1, 0.15) is 5.82 Å². The summed E-state index contributed by atoms with van der Waals surface area (Å²) in [7, 11) is 0. The lowest BCUT2D eigenvalue weighted by Crippen LogP contribution is -2.07. The number of hydrogen-bond acceptors (Lipinski definition) is 2. The van der Waals surface area contributed by atoms with Crippen LogP contribution in [0.5, 0.6) is 0 Å². The van der Waals surface area contributed by atoms with Gasteiger partial charge in [0.15, 0.2) is 0 Å². The third kappa shape index (κ3) is 3.26. The zero-order chi connectivity index (χ0) is 16.4. The number of aromatic nitrogens is 3. The summed E-state index contributed by atoms with van der Waals surface area (Å²) in [5.74, 6) is 0.906. The average Bonchev–Trinajstić information content (AvgIpc) is 2.87. The fraction of sp³-hybridized carbons (Fsp3) is 0.222. The molecule has 0 atom stereocenters. The van der Waals surface area contributed by atoms with Crippen molar-refractivity contribution in [3.8, 4) is 11.4 Å². The first-order valence-electron chi connectivity index (χ1n) is 7.50. The summed E-state index contributed by atoms with van der Waals surface area (Å²) in [5.41, 5.74) is 4.20. The van der Waals surface area contributed by atoms with Gasteiger partial charge in [0, 0.05) is 33.7 Å². The Morgan fingerprint density at radius 2 is 2.00 bits per heavy atom. The number of rotatable bonds is 4. The Kier molecular flexibility index (Phi) is 4.69. The van der Waals surface area contributed by atoms with Gasteiger partial charge >= 0.3 is 0 Å². The Morgan fingerprint density at radius 1 is 1.17 bits per heavy atom. The molecule has 118 valence electrons. The lowest BCUT2D eigenvalue weighted by atomic mass is 10.2. The van der Waals surface area contributed by atoms with Crippen molar-refractivity contribution in [2.45, 2.75) is 26.8 Å². The summed E-state index contributed by atoms with van der Waals surface area (Å²) in [5, 5.41) is 1.39. The van der Waals surface area contributed by atoms with Gasteiger partial charge in [-0.05, 0) is 49.2 Å². The highest BCUT2D eigenvalue weighted by molar-refractivity contribution is 6.33. The minimum absolute atomic E-state index is 0.633. The first-order valence-corrected chi connectivity index (χ1v) is 8.26. The number of halogens is 2. The monoisotopic (exact) mass is 345 g/mol. The highest BCUT2D eigenvalue weighted by Gasteiger charge is 2.16. The minimum atomic E-state index is 0.633. The van der Waals surface area contributed by atoms with Gasteiger partial charge in [0.2, 0.25) is 0 Å². The van der Waals surface area contributed by atoms with Gasteiger partial charge in [0.05, 0.1) is 12.2 Å². The van der Waals surface area contributed by atoms with Crippen molar-refractivity contribution in [3.63, 3.8) is 0 Å². The van der Waals surface area contributed by atoms with Crippen molar-refractivity contribution >= 4 is 23.2 Å². The van der Waals surface area contributed by atoms with Crippen LogP contribution in [0, 0.1) is 6.92 Å². The molecule has 2 heterocycles. The molecule has 3 aromatic rings. The van der Waals surface area contributed by atoms with E-state index in [1.165, 1.54) is 5.69 Å². The zero-order valence-corrected chi connectivity index (χ0v) is 14.6. The fourth-order valence-corrected chi connectivity index (χ4v) is 3.15. The van der Waals surface area contributed by atoms with E-state index in [0.717, 1.165) is 29.1 Å². The summed E-state index contributed by atoms with van der Waals surface area (Å²) in [6.45, 7) is 4.80. The average molecular weight is 346 g/mol. The molecule has 0 spiro atoms. The second kappa shape index (κ2) is 6.73. The Balaban J connectivity index is 2.12. The Hall–Kier alpha value is -1.84. The second-order valence-corrected chi connectivity index (χ2v) is 6.23. The molecular weight excluding hydrogens is 329 g/mol. The Bertz CT molecular complexity index is 826. The van der Waals surface area contributed by atoms with Crippen molar-refractivity contribution in [2.24, 2.45) is 0 Å². The van der Waals surface area contributed by atoms with Crippen LogP contribution in [-0.4, -0.2) is 14.5 Å². The summed E-state index contributed by atoms with van der Waals surface area (Å²) < 4.78 is 2.20. The van der Waals surface area contributed by atoms with E-state index in [9.17, 15) is 0 Å². The molecule has 0 fully saturated rings. The summed E-state index contributed by atoms with van der Waals surface area (Å²) >= 11 is 12.5. The summed E-state index contributed by atoms with van der Waals surface area (Å²) in [6.07, 6.45) is 4.49. The predicted molar refractivity (Wildman–Crippen MR) is 95.1 cm³/mol. The van der Waals surface area contributed by atoms with E-state index in [2.05, 4.69) is 16.5 Å². The second-order valence-electron chi connectivity index (χ2n) is 5.38. The lowest BCUT2D eigenvalue weighted by molar-refractivity contribution is 0.752. The van der Waals surface area contributed by atoms with Gasteiger partial charge in [-0.25, -0.2) is 4.98 Å². The van der Waals surface area contributed by atoms with Crippen molar-refractivity contribution in [3.05, 3.63) is 69.7 Å². The first kappa shape index (κ1) is 16.0. The largest absolute Gasteiger partial charge is 0.323 e. The van der Waals surface area contributed by atoms with E-state index in [4.69, 9.17) is 28.2 Å². The lowest BCUT2D eigenvalue weighted by Gasteiger charge is -2.13. The Morgan fingerprint density at radius 3 is 2.70 bits per heavy atom. The van der Waals surface area contributed by atoms with Crippen molar-refractivity contribution in [1.82, 2.24) is 14.5 Å². The van der Waals surface area contributed by atoms with E-state index >= 15 is 0 Å². The van der Waals surface area contributed by atoms with Crippen LogP contribution in [-0.2, 0) is 13.0 Å². The van der Waals surface area contributed by atoms with Gasteiger partial charge < -0.3 is 4.57 Å². The molecule has 0 aliphatic heterocycles. The standard InChI is InChI=1S/C18H17Cl2N3/c1-3-17-12(2)22-18(13-5-4-8-21-10-13)23(17)11-14-9-15(19)6-7-16(14)20/h4-10H,3,11H2,1-2H3.